The fourth-order valence-electron chi connectivity index (χ4n) is 1.49. The summed E-state index contributed by atoms with van der Waals surface area (Å²) < 4.78 is 0.752. The van der Waals surface area contributed by atoms with Crippen LogP contribution in [0.15, 0.2) is 17.6 Å². The molecule has 0 saturated heterocycles. The Morgan fingerprint density at radius 2 is 2.31 bits per heavy atom. The number of nitrogens with zero attached hydrogens (tertiary/aromatic N) is 1. The second-order valence-electron chi connectivity index (χ2n) is 3.38. The molecule has 2 rings (SSSR count). The Labute approximate surface area is 108 Å². The molecule has 2 heterocycles. The molecule has 0 fully saturated rings. The summed E-state index contributed by atoms with van der Waals surface area (Å²) in [6.07, 6.45) is 2.80. The fourth-order valence-corrected chi connectivity index (χ4v) is 3.36. The predicted molar refractivity (Wildman–Crippen MR) is 71.4 cm³/mol. The van der Waals surface area contributed by atoms with Crippen LogP contribution < -0.4 is 5.32 Å². The second kappa shape index (κ2) is 5.77. The Morgan fingerprint density at radius 1 is 1.44 bits per heavy atom. The number of halogens is 1. The normalized spacial score (nSPS) is 10.9. The number of aromatic nitrogens is 1. The van der Waals surface area contributed by atoms with Gasteiger partial charge in [-0.25, -0.2) is 4.98 Å². The van der Waals surface area contributed by atoms with Gasteiger partial charge in [0.1, 0.15) is 9.34 Å². The standard InChI is InChI=1S/C11H13ClN2S2/c1-2-8-3-4-15-9(8)5-13-7-11-14-6-10(12)16-11/h3-4,6,13H,2,5,7H2,1H3. The Balaban J connectivity index is 1.84. The highest BCUT2D eigenvalue weighted by Gasteiger charge is 2.03. The Kier molecular flexibility index (Phi) is 4.35. The summed E-state index contributed by atoms with van der Waals surface area (Å²) in [5, 5.41) is 6.58. The van der Waals surface area contributed by atoms with E-state index in [9.17, 15) is 0 Å². The topological polar surface area (TPSA) is 24.9 Å². The van der Waals surface area contributed by atoms with Gasteiger partial charge in [0.2, 0.25) is 0 Å². The molecule has 0 amide bonds. The van der Waals surface area contributed by atoms with Gasteiger partial charge in [0.25, 0.3) is 0 Å². The SMILES string of the molecule is CCc1ccsc1CNCc1ncc(Cl)s1. The third kappa shape index (κ3) is 3.04. The lowest BCUT2D eigenvalue weighted by Crippen LogP contribution is -2.12. The Hall–Kier alpha value is -0.420. The van der Waals surface area contributed by atoms with E-state index in [2.05, 4.69) is 28.7 Å². The highest BCUT2D eigenvalue weighted by atomic mass is 35.5. The summed E-state index contributed by atoms with van der Waals surface area (Å²) in [4.78, 5) is 5.63. The molecule has 2 aromatic rings. The van der Waals surface area contributed by atoms with E-state index in [1.54, 1.807) is 6.20 Å². The van der Waals surface area contributed by atoms with Crippen molar-refractivity contribution in [1.29, 1.82) is 0 Å². The Bertz CT molecular complexity index is 450. The van der Waals surface area contributed by atoms with Crippen LogP contribution in [0.25, 0.3) is 0 Å². The summed E-state index contributed by atoms with van der Waals surface area (Å²) in [6, 6.07) is 2.20. The largest absolute Gasteiger partial charge is 0.306 e. The van der Waals surface area contributed by atoms with Gasteiger partial charge in [-0.3, -0.25) is 0 Å². The van der Waals surface area contributed by atoms with Crippen molar-refractivity contribution in [1.82, 2.24) is 10.3 Å². The van der Waals surface area contributed by atoms with Crippen molar-refractivity contribution in [3.05, 3.63) is 37.4 Å². The minimum absolute atomic E-state index is 0.752. The minimum Gasteiger partial charge on any atom is -0.306 e. The van der Waals surface area contributed by atoms with Gasteiger partial charge in [-0.15, -0.1) is 22.7 Å². The molecule has 0 spiro atoms. The third-order valence-electron chi connectivity index (χ3n) is 2.31. The smallest absolute Gasteiger partial charge is 0.113 e. The summed E-state index contributed by atoms with van der Waals surface area (Å²) in [5.41, 5.74) is 1.44. The first-order chi connectivity index (χ1) is 7.79. The molecule has 0 aliphatic rings. The van der Waals surface area contributed by atoms with Gasteiger partial charge in [-0.05, 0) is 23.4 Å². The molecule has 0 atom stereocenters. The minimum atomic E-state index is 0.752. The first-order valence-electron chi connectivity index (χ1n) is 5.15. The average molecular weight is 273 g/mol. The van der Waals surface area contributed by atoms with Gasteiger partial charge >= 0.3 is 0 Å². The first kappa shape index (κ1) is 12.0. The molecule has 0 unspecified atom stereocenters. The van der Waals surface area contributed by atoms with Crippen molar-refractivity contribution in [3.8, 4) is 0 Å². The molecule has 0 aliphatic heterocycles. The molecule has 86 valence electrons. The van der Waals surface area contributed by atoms with Gasteiger partial charge in [0.15, 0.2) is 0 Å². The lowest BCUT2D eigenvalue weighted by Gasteiger charge is -2.02. The quantitative estimate of drug-likeness (QED) is 0.898. The highest BCUT2D eigenvalue weighted by molar-refractivity contribution is 7.15. The van der Waals surface area contributed by atoms with Crippen molar-refractivity contribution in [3.63, 3.8) is 0 Å². The van der Waals surface area contributed by atoms with E-state index >= 15 is 0 Å². The van der Waals surface area contributed by atoms with Gasteiger partial charge in [-0.1, -0.05) is 18.5 Å². The molecule has 16 heavy (non-hydrogen) atoms. The third-order valence-corrected chi connectivity index (χ3v) is 4.38. The van der Waals surface area contributed by atoms with Crippen LogP contribution in [-0.4, -0.2) is 4.98 Å². The molecule has 0 aliphatic carbocycles. The lowest BCUT2D eigenvalue weighted by molar-refractivity contribution is 0.693. The van der Waals surface area contributed by atoms with E-state index in [0.29, 0.717) is 0 Å². The van der Waals surface area contributed by atoms with Gasteiger partial charge in [0.05, 0.1) is 6.20 Å². The molecule has 2 aromatic heterocycles. The fraction of sp³-hybridized carbons (Fsp3) is 0.364. The molecule has 0 bridgehead atoms. The summed E-state index contributed by atoms with van der Waals surface area (Å²) in [5.74, 6) is 0. The molecular formula is C11H13ClN2S2. The summed E-state index contributed by atoms with van der Waals surface area (Å²) >= 11 is 9.16. The van der Waals surface area contributed by atoms with Gasteiger partial charge < -0.3 is 5.32 Å². The van der Waals surface area contributed by atoms with Crippen molar-refractivity contribution in [2.75, 3.05) is 0 Å². The molecule has 1 N–H and O–H groups in total. The second-order valence-corrected chi connectivity index (χ2v) is 6.13. The summed E-state index contributed by atoms with van der Waals surface area (Å²) in [7, 11) is 0. The van der Waals surface area contributed by atoms with Gasteiger partial charge in [0, 0.05) is 18.0 Å². The van der Waals surface area contributed by atoms with E-state index in [0.717, 1.165) is 28.9 Å². The molecule has 5 heteroatoms. The van der Waals surface area contributed by atoms with E-state index in [-0.39, 0.29) is 0 Å². The number of thiazole rings is 1. The van der Waals surface area contributed by atoms with Crippen molar-refractivity contribution >= 4 is 34.3 Å². The number of thiophene rings is 1. The van der Waals surface area contributed by atoms with E-state index in [1.807, 2.05) is 11.3 Å². The molecule has 0 aromatic carbocycles. The number of rotatable bonds is 5. The maximum Gasteiger partial charge on any atom is 0.113 e. The predicted octanol–water partition coefficient (Wildman–Crippen LogP) is 3.71. The maximum atomic E-state index is 5.82. The lowest BCUT2D eigenvalue weighted by atomic mass is 10.2. The van der Waals surface area contributed by atoms with E-state index in [1.165, 1.54) is 21.8 Å². The van der Waals surface area contributed by atoms with Crippen LogP contribution in [-0.2, 0) is 19.5 Å². The first-order valence-corrected chi connectivity index (χ1v) is 7.23. The zero-order chi connectivity index (χ0) is 11.4. The van der Waals surface area contributed by atoms with Crippen molar-refractivity contribution in [2.24, 2.45) is 0 Å². The highest BCUT2D eigenvalue weighted by Crippen LogP contribution is 2.19. The van der Waals surface area contributed by atoms with E-state index < -0.39 is 0 Å². The number of hydrogen-bond acceptors (Lipinski definition) is 4. The molecule has 0 radical (unpaired) electrons. The van der Waals surface area contributed by atoms with Crippen LogP contribution in [0.3, 0.4) is 0 Å². The number of hydrogen-bond donors (Lipinski definition) is 1. The van der Waals surface area contributed by atoms with Crippen LogP contribution in [0.2, 0.25) is 4.34 Å². The number of nitrogens with one attached hydrogen (secondary N) is 1. The van der Waals surface area contributed by atoms with Crippen molar-refractivity contribution in [2.45, 2.75) is 26.4 Å². The maximum absolute atomic E-state index is 5.82. The van der Waals surface area contributed by atoms with Crippen LogP contribution in [0.5, 0.6) is 0 Å². The molecule has 2 nitrogen and oxygen atoms in total. The molecular weight excluding hydrogens is 260 g/mol. The zero-order valence-electron chi connectivity index (χ0n) is 9.00. The van der Waals surface area contributed by atoms with Gasteiger partial charge in [-0.2, -0.15) is 0 Å². The Morgan fingerprint density at radius 3 is 3.00 bits per heavy atom. The average Bonchev–Trinajstić information content (AvgIpc) is 2.87. The van der Waals surface area contributed by atoms with E-state index in [4.69, 9.17) is 11.6 Å². The number of aryl methyl sites for hydroxylation is 1. The summed E-state index contributed by atoms with van der Waals surface area (Å²) in [6.45, 7) is 3.89. The van der Waals surface area contributed by atoms with Crippen LogP contribution in [0.4, 0.5) is 0 Å². The molecule has 0 saturated carbocycles. The monoisotopic (exact) mass is 272 g/mol. The van der Waals surface area contributed by atoms with Crippen molar-refractivity contribution < 1.29 is 0 Å². The van der Waals surface area contributed by atoms with Crippen LogP contribution in [0, 0.1) is 0 Å². The van der Waals surface area contributed by atoms with Crippen LogP contribution >= 0.6 is 34.3 Å². The zero-order valence-corrected chi connectivity index (χ0v) is 11.4. The van der Waals surface area contributed by atoms with Crippen LogP contribution in [0.1, 0.15) is 22.4 Å².